The Kier molecular flexibility index (Phi) is 4.16. The third-order valence-electron chi connectivity index (χ3n) is 2.20. The maximum Gasteiger partial charge on any atom is 0.235 e. The summed E-state index contributed by atoms with van der Waals surface area (Å²) < 4.78 is 0.715. The first-order chi connectivity index (χ1) is 8.70. The number of nitrogens with zero attached hydrogens (tertiary/aromatic N) is 2. The molecule has 1 aromatic carbocycles. The van der Waals surface area contributed by atoms with Gasteiger partial charge in [0.25, 0.3) is 0 Å². The molecule has 0 radical (unpaired) electrons. The number of primary amides is 1. The highest BCUT2D eigenvalue weighted by molar-refractivity contribution is 8.01. The van der Waals surface area contributed by atoms with E-state index in [-0.39, 0.29) is 5.91 Å². The Morgan fingerprint density at radius 3 is 2.67 bits per heavy atom. The molecule has 0 bridgehead atoms. The first-order valence-electron chi connectivity index (χ1n) is 5.23. The Balaban J connectivity index is 2.19. The lowest BCUT2D eigenvalue weighted by molar-refractivity contribution is -0.117. The number of rotatable bonds is 5. The molecule has 94 valence electrons. The van der Waals surface area contributed by atoms with Crippen LogP contribution in [0.5, 0.6) is 0 Å². The van der Waals surface area contributed by atoms with Crippen molar-refractivity contribution in [3.05, 3.63) is 35.9 Å². The van der Waals surface area contributed by atoms with Gasteiger partial charge in [0, 0.05) is 7.05 Å². The zero-order chi connectivity index (χ0) is 13.0. The van der Waals surface area contributed by atoms with Gasteiger partial charge in [-0.05, 0) is 5.56 Å². The second kappa shape index (κ2) is 5.83. The van der Waals surface area contributed by atoms with Crippen molar-refractivity contribution in [2.45, 2.75) is 9.59 Å². The van der Waals surface area contributed by atoms with E-state index in [0.717, 1.165) is 5.56 Å². The smallest absolute Gasteiger partial charge is 0.235 e. The number of carbonyl (C=O) groups is 1. The van der Waals surface area contributed by atoms with Crippen LogP contribution in [0.2, 0.25) is 0 Å². The molecule has 0 saturated carbocycles. The van der Waals surface area contributed by atoms with E-state index < -0.39 is 5.25 Å². The van der Waals surface area contributed by atoms with Crippen molar-refractivity contribution in [3.8, 4) is 0 Å². The fraction of sp³-hybridized carbons (Fsp3) is 0.182. The molecular weight excluding hydrogens is 268 g/mol. The first kappa shape index (κ1) is 12.8. The van der Waals surface area contributed by atoms with E-state index >= 15 is 0 Å². The minimum absolute atomic E-state index is 0.382. The normalized spacial score (nSPS) is 12.1. The van der Waals surface area contributed by atoms with Crippen LogP contribution in [0.1, 0.15) is 10.8 Å². The van der Waals surface area contributed by atoms with Gasteiger partial charge in [0.05, 0.1) is 0 Å². The van der Waals surface area contributed by atoms with Crippen LogP contribution in [0.25, 0.3) is 0 Å². The summed E-state index contributed by atoms with van der Waals surface area (Å²) in [5.41, 5.74) is 6.31. The average Bonchev–Trinajstić information content (AvgIpc) is 2.84. The topological polar surface area (TPSA) is 80.9 Å². The number of aromatic nitrogens is 2. The maximum absolute atomic E-state index is 11.5. The van der Waals surface area contributed by atoms with Crippen molar-refractivity contribution >= 4 is 34.1 Å². The van der Waals surface area contributed by atoms with Crippen LogP contribution >= 0.6 is 23.1 Å². The van der Waals surface area contributed by atoms with Crippen LogP contribution in [0, 0.1) is 0 Å². The Labute approximate surface area is 113 Å². The monoisotopic (exact) mass is 280 g/mol. The quantitative estimate of drug-likeness (QED) is 0.818. The lowest BCUT2D eigenvalue weighted by Crippen LogP contribution is -2.18. The van der Waals surface area contributed by atoms with Crippen molar-refractivity contribution < 1.29 is 4.79 Å². The molecule has 0 aliphatic rings. The standard InChI is InChI=1S/C11H12N4OS2/c1-13-10-14-15-11(18-10)17-8(9(12)16)7-5-3-2-4-6-7/h2-6,8H,1H3,(H2,12,16)(H,13,14)/t8-/m1/s1. The predicted molar refractivity (Wildman–Crippen MR) is 73.7 cm³/mol. The Hall–Kier alpha value is -1.60. The fourth-order valence-corrected chi connectivity index (χ4v) is 3.23. The van der Waals surface area contributed by atoms with E-state index in [0.29, 0.717) is 9.47 Å². The summed E-state index contributed by atoms with van der Waals surface area (Å²) in [5.74, 6) is -0.382. The molecular formula is C11H12N4OS2. The molecule has 0 spiro atoms. The average molecular weight is 280 g/mol. The van der Waals surface area contributed by atoms with Gasteiger partial charge in [-0.25, -0.2) is 0 Å². The lowest BCUT2D eigenvalue weighted by atomic mass is 10.1. The Bertz CT molecular complexity index is 529. The molecule has 3 N–H and O–H groups in total. The molecule has 0 aliphatic heterocycles. The summed E-state index contributed by atoms with van der Waals surface area (Å²) in [6, 6.07) is 9.41. The number of thioether (sulfide) groups is 1. The van der Waals surface area contributed by atoms with Gasteiger partial charge in [-0.2, -0.15) is 0 Å². The maximum atomic E-state index is 11.5. The molecule has 0 aliphatic carbocycles. The van der Waals surface area contributed by atoms with Gasteiger partial charge in [0.2, 0.25) is 11.0 Å². The molecule has 1 heterocycles. The van der Waals surface area contributed by atoms with E-state index in [1.54, 1.807) is 7.05 Å². The second-order valence-electron chi connectivity index (χ2n) is 3.43. The summed E-state index contributed by atoms with van der Waals surface area (Å²) in [4.78, 5) is 11.5. The number of nitrogens with one attached hydrogen (secondary N) is 1. The van der Waals surface area contributed by atoms with Crippen LogP contribution in [0.3, 0.4) is 0 Å². The van der Waals surface area contributed by atoms with Crippen molar-refractivity contribution in [2.75, 3.05) is 12.4 Å². The van der Waals surface area contributed by atoms with Gasteiger partial charge in [-0.1, -0.05) is 53.4 Å². The van der Waals surface area contributed by atoms with Crippen LogP contribution in [-0.4, -0.2) is 23.2 Å². The van der Waals surface area contributed by atoms with Crippen LogP contribution in [0.15, 0.2) is 34.7 Å². The van der Waals surface area contributed by atoms with Crippen molar-refractivity contribution in [2.24, 2.45) is 5.73 Å². The third kappa shape index (κ3) is 2.99. The summed E-state index contributed by atoms with van der Waals surface area (Å²) in [7, 11) is 1.78. The molecule has 18 heavy (non-hydrogen) atoms. The first-order valence-corrected chi connectivity index (χ1v) is 6.92. The molecule has 1 aromatic heterocycles. The third-order valence-corrected chi connectivity index (χ3v) is 4.50. The highest BCUT2D eigenvalue weighted by Gasteiger charge is 2.21. The van der Waals surface area contributed by atoms with Gasteiger partial charge < -0.3 is 11.1 Å². The van der Waals surface area contributed by atoms with Crippen molar-refractivity contribution in [3.63, 3.8) is 0 Å². The Morgan fingerprint density at radius 1 is 1.39 bits per heavy atom. The molecule has 5 nitrogen and oxygen atoms in total. The number of carbonyl (C=O) groups excluding carboxylic acids is 1. The molecule has 7 heteroatoms. The fourth-order valence-electron chi connectivity index (χ4n) is 1.38. The molecule has 1 amide bonds. The van der Waals surface area contributed by atoms with Crippen LogP contribution < -0.4 is 11.1 Å². The highest BCUT2D eigenvalue weighted by atomic mass is 32.2. The Morgan fingerprint density at radius 2 is 2.11 bits per heavy atom. The van der Waals surface area contributed by atoms with Crippen LogP contribution in [0.4, 0.5) is 5.13 Å². The second-order valence-corrected chi connectivity index (χ2v) is 5.76. The number of hydrogen-bond donors (Lipinski definition) is 2. The van der Waals surface area contributed by atoms with Gasteiger partial charge in [-0.3, -0.25) is 4.79 Å². The minimum Gasteiger partial charge on any atom is -0.368 e. The van der Waals surface area contributed by atoms with E-state index in [4.69, 9.17) is 5.73 Å². The molecule has 0 unspecified atom stereocenters. The van der Waals surface area contributed by atoms with E-state index in [1.165, 1.54) is 23.1 Å². The molecule has 0 fully saturated rings. The molecule has 2 aromatic rings. The summed E-state index contributed by atoms with van der Waals surface area (Å²) >= 11 is 2.71. The van der Waals surface area contributed by atoms with Gasteiger partial charge >= 0.3 is 0 Å². The number of hydrogen-bond acceptors (Lipinski definition) is 6. The van der Waals surface area contributed by atoms with Crippen molar-refractivity contribution in [1.29, 1.82) is 0 Å². The predicted octanol–water partition coefficient (Wildman–Crippen LogP) is 1.90. The number of benzene rings is 1. The summed E-state index contributed by atoms with van der Waals surface area (Å²) in [5, 5.41) is 11.1. The van der Waals surface area contributed by atoms with E-state index in [2.05, 4.69) is 15.5 Å². The van der Waals surface area contributed by atoms with E-state index in [1.807, 2.05) is 30.3 Å². The number of amides is 1. The summed E-state index contributed by atoms with van der Waals surface area (Å²) in [6.07, 6.45) is 0. The SMILES string of the molecule is CNc1nnc(S[C@@H](C(N)=O)c2ccccc2)s1. The molecule has 0 saturated heterocycles. The minimum atomic E-state index is -0.441. The molecule has 2 rings (SSSR count). The van der Waals surface area contributed by atoms with Gasteiger partial charge in [0.1, 0.15) is 5.25 Å². The van der Waals surface area contributed by atoms with Crippen LogP contribution in [-0.2, 0) is 4.79 Å². The lowest BCUT2D eigenvalue weighted by Gasteiger charge is -2.10. The van der Waals surface area contributed by atoms with Gasteiger partial charge in [-0.15, -0.1) is 10.2 Å². The number of anilines is 1. The largest absolute Gasteiger partial charge is 0.368 e. The van der Waals surface area contributed by atoms with E-state index in [9.17, 15) is 4.79 Å². The summed E-state index contributed by atoms with van der Waals surface area (Å²) in [6.45, 7) is 0. The van der Waals surface area contributed by atoms with Crippen molar-refractivity contribution in [1.82, 2.24) is 10.2 Å². The number of nitrogens with two attached hydrogens (primary N) is 1. The van der Waals surface area contributed by atoms with Gasteiger partial charge in [0.15, 0.2) is 4.34 Å². The zero-order valence-corrected chi connectivity index (χ0v) is 11.3. The zero-order valence-electron chi connectivity index (χ0n) is 9.66. The highest BCUT2D eigenvalue weighted by Crippen LogP contribution is 2.37. The molecule has 1 atom stereocenters.